The highest BCUT2D eigenvalue weighted by molar-refractivity contribution is 6.30. The van der Waals surface area contributed by atoms with Crippen LogP contribution in [0.3, 0.4) is 0 Å². The SMILES string of the molecule is O=C(CCc1ccc(Cl)c(F)c1)N1CCc2cnc(N3CCOCC3)nc2C1. The predicted octanol–water partition coefficient (Wildman–Crippen LogP) is 2.62. The Balaban J connectivity index is 1.39. The van der Waals surface area contributed by atoms with Crippen LogP contribution in [0.25, 0.3) is 0 Å². The van der Waals surface area contributed by atoms with E-state index in [0.717, 1.165) is 36.3 Å². The van der Waals surface area contributed by atoms with Crippen LogP contribution in [-0.2, 0) is 28.9 Å². The standard InChI is InChI=1S/C20H22ClFN4O2/c21-16-3-1-14(11-17(16)22)2-4-19(27)26-6-5-15-12-23-20(24-18(15)13-26)25-7-9-28-10-8-25/h1,3,11-12H,2,4-10,13H2. The number of hydrogen-bond acceptors (Lipinski definition) is 5. The molecule has 1 fully saturated rings. The Morgan fingerprint density at radius 3 is 2.86 bits per heavy atom. The molecule has 0 aliphatic carbocycles. The van der Waals surface area contributed by atoms with Gasteiger partial charge in [0.05, 0.1) is 30.5 Å². The van der Waals surface area contributed by atoms with E-state index in [4.69, 9.17) is 21.3 Å². The van der Waals surface area contributed by atoms with Gasteiger partial charge in [0.15, 0.2) is 0 Å². The number of carbonyl (C=O) groups is 1. The number of aryl methyl sites for hydroxylation is 1. The monoisotopic (exact) mass is 404 g/mol. The number of morpholine rings is 1. The highest BCUT2D eigenvalue weighted by atomic mass is 35.5. The lowest BCUT2D eigenvalue weighted by Gasteiger charge is -2.30. The fourth-order valence-corrected chi connectivity index (χ4v) is 3.64. The molecule has 0 atom stereocenters. The quantitative estimate of drug-likeness (QED) is 0.784. The number of hydrogen-bond donors (Lipinski definition) is 0. The molecule has 2 aromatic rings. The molecule has 1 aromatic heterocycles. The summed E-state index contributed by atoms with van der Waals surface area (Å²) < 4.78 is 18.9. The van der Waals surface area contributed by atoms with E-state index in [2.05, 4.69) is 9.88 Å². The second-order valence-corrected chi connectivity index (χ2v) is 7.46. The van der Waals surface area contributed by atoms with Crippen LogP contribution in [0.1, 0.15) is 23.2 Å². The smallest absolute Gasteiger partial charge is 0.225 e. The van der Waals surface area contributed by atoms with E-state index in [-0.39, 0.29) is 10.9 Å². The van der Waals surface area contributed by atoms with Crippen molar-refractivity contribution in [1.29, 1.82) is 0 Å². The second kappa shape index (κ2) is 8.41. The normalized spacial score (nSPS) is 16.8. The van der Waals surface area contributed by atoms with Gasteiger partial charge in [0.25, 0.3) is 0 Å². The molecule has 2 aliphatic rings. The number of aromatic nitrogens is 2. The number of carbonyl (C=O) groups excluding carboxylic acids is 1. The molecule has 0 saturated carbocycles. The maximum atomic E-state index is 13.6. The van der Waals surface area contributed by atoms with E-state index in [1.54, 1.807) is 6.07 Å². The molecule has 1 aromatic carbocycles. The highest BCUT2D eigenvalue weighted by Gasteiger charge is 2.24. The van der Waals surface area contributed by atoms with Gasteiger partial charge in [-0.3, -0.25) is 4.79 Å². The van der Waals surface area contributed by atoms with Crippen molar-refractivity contribution in [3.05, 3.63) is 52.1 Å². The lowest BCUT2D eigenvalue weighted by Crippen LogP contribution is -2.39. The van der Waals surface area contributed by atoms with Gasteiger partial charge in [-0.1, -0.05) is 17.7 Å². The molecule has 0 spiro atoms. The Hall–Kier alpha value is -2.25. The summed E-state index contributed by atoms with van der Waals surface area (Å²) in [7, 11) is 0. The molecule has 1 saturated heterocycles. The topological polar surface area (TPSA) is 58.6 Å². The van der Waals surface area contributed by atoms with Crippen molar-refractivity contribution in [2.45, 2.75) is 25.8 Å². The van der Waals surface area contributed by atoms with Crippen LogP contribution in [0, 0.1) is 5.82 Å². The largest absolute Gasteiger partial charge is 0.378 e. The van der Waals surface area contributed by atoms with Gasteiger partial charge >= 0.3 is 0 Å². The van der Waals surface area contributed by atoms with Gasteiger partial charge in [0.1, 0.15) is 5.82 Å². The van der Waals surface area contributed by atoms with Gasteiger partial charge in [0.2, 0.25) is 11.9 Å². The molecule has 8 heteroatoms. The summed E-state index contributed by atoms with van der Waals surface area (Å²) in [6, 6.07) is 4.67. The molecule has 0 radical (unpaired) electrons. The van der Waals surface area contributed by atoms with Gasteiger partial charge in [-0.05, 0) is 36.1 Å². The summed E-state index contributed by atoms with van der Waals surface area (Å²) in [5.41, 5.74) is 2.78. The third kappa shape index (κ3) is 4.25. The fourth-order valence-electron chi connectivity index (χ4n) is 3.53. The molecule has 0 N–H and O–H groups in total. The summed E-state index contributed by atoms with van der Waals surface area (Å²) in [5.74, 6) is 0.298. The minimum atomic E-state index is -0.453. The third-order valence-corrected chi connectivity index (χ3v) is 5.50. The van der Waals surface area contributed by atoms with E-state index in [0.29, 0.717) is 45.1 Å². The molecule has 0 unspecified atom stereocenters. The number of benzene rings is 1. The maximum absolute atomic E-state index is 13.6. The van der Waals surface area contributed by atoms with Crippen molar-refractivity contribution in [2.75, 3.05) is 37.7 Å². The van der Waals surface area contributed by atoms with Crippen molar-refractivity contribution in [2.24, 2.45) is 0 Å². The summed E-state index contributed by atoms with van der Waals surface area (Å²) in [5, 5.41) is 0.0958. The Morgan fingerprint density at radius 1 is 1.25 bits per heavy atom. The van der Waals surface area contributed by atoms with Crippen LogP contribution < -0.4 is 4.90 Å². The van der Waals surface area contributed by atoms with E-state index in [1.807, 2.05) is 11.1 Å². The summed E-state index contributed by atoms with van der Waals surface area (Å²) in [4.78, 5) is 25.8. The van der Waals surface area contributed by atoms with Crippen LogP contribution in [-0.4, -0.2) is 53.6 Å². The van der Waals surface area contributed by atoms with Gasteiger partial charge in [0, 0.05) is 32.3 Å². The Kier molecular flexibility index (Phi) is 5.73. The predicted molar refractivity (Wildman–Crippen MR) is 104 cm³/mol. The molecular weight excluding hydrogens is 383 g/mol. The number of halogens is 2. The van der Waals surface area contributed by atoms with Gasteiger partial charge in [-0.2, -0.15) is 0 Å². The summed E-state index contributed by atoms with van der Waals surface area (Å²) in [6.07, 6.45) is 3.45. The van der Waals surface area contributed by atoms with E-state index in [1.165, 1.54) is 12.1 Å². The van der Waals surface area contributed by atoms with Gasteiger partial charge in [-0.25, -0.2) is 14.4 Å². The van der Waals surface area contributed by atoms with E-state index >= 15 is 0 Å². The van der Waals surface area contributed by atoms with Crippen LogP contribution in [0.2, 0.25) is 5.02 Å². The molecule has 3 heterocycles. The van der Waals surface area contributed by atoms with Crippen molar-refractivity contribution in [3.8, 4) is 0 Å². The average Bonchev–Trinajstić information content (AvgIpc) is 2.74. The number of ether oxygens (including phenoxy) is 1. The van der Waals surface area contributed by atoms with Gasteiger partial charge in [-0.15, -0.1) is 0 Å². The summed E-state index contributed by atoms with van der Waals surface area (Å²) in [6.45, 7) is 4.05. The zero-order chi connectivity index (χ0) is 19.5. The Labute approximate surface area is 168 Å². The Bertz CT molecular complexity index is 873. The molecule has 4 rings (SSSR count). The second-order valence-electron chi connectivity index (χ2n) is 7.06. The molecule has 6 nitrogen and oxygen atoms in total. The minimum Gasteiger partial charge on any atom is -0.378 e. The van der Waals surface area contributed by atoms with Crippen molar-refractivity contribution < 1.29 is 13.9 Å². The molecular formula is C20H22ClFN4O2. The van der Waals surface area contributed by atoms with E-state index < -0.39 is 5.82 Å². The third-order valence-electron chi connectivity index (χ3n) is 5.19. The Morgan fingerprint density at radius 2 is 2.07 bits per heavy atom. The van der Waals surface area contributed by atoms with Crippen molar-refractivity contribution in [3.63, 3.8) is 0 Å². The van der Waals surface area contributed by atoms with Crippen LogP contribution in [0.4, 0.5) is 10.3 Å². The first-order valence-electron chi connectivity index (χ1n) is 9.49. The molecule has 0 bridgehead atoms. The fraction of sp³-hybridized carbons (Fsp3) is 0.450. The molecule has 28 heavy (non-hydrogen) atoms. The first kappa shape index (κ1) is 19.1. The lowest BCUT2D eigenvalue weighted by molar-refractivity contribution is -0.132. The van der Waals surface area contributed by atoms with Crippen LogP contribution in [0.5, 0.6) is 0 Å². The molecule has 148 valence electrons. The highest BCUT2D eigenvalue weighted by Crippen LogP contribution is 2.21. The lowest BCUT2D eigenvalue weighted by atomic mass is 10.1. The van der Waals surface area contributed by atoms with Crippen molar-refractivity contribution >= 4 is 23.5 Å². The first-order valence-corrected chi connectivity index (χ1v) is 9.87. The van der Waals surface area contributed by atoms with Gasteiger partial charge < -0.3 is 14.5 Å². The number of rotatable bonds is 4. The molecule has 1 amide bonds. The number of amides is 1. The van der Waals surface area contributed by atoms with Crippen LogP contribution in [0.15, 0.2) is 24.4 Å². The van der Waals surface area contributed by atoms with Crippen molar-refractivity contribution in [1.82, 2.24) is 14.9 Å². The molecule has 2 aliphatic heterocycles. The van der Waals surface area contributed by atoms with E-state index in [9.17, 15) is 9.18 Å². The minimum absolute atomic E-state index is 0.0487. The number of fused-ring (bicyclic) bond motifs is 1. The first-order chi connectivity index (χ1) is 13.6. The zero-order valence-corrected chi connectivity index (χ0v) is 16.3. The summed E-state index contributed by atoms with van der Waals surface area (Å²) >= 11 is 5.71. The number of nitrogens with zero attached hydrogens (tertiary/aromatic N) is 4. The number of anilines is 1. The maximum Gasteiger partial charge on any atom is 0.225 e. The zero-order valence-electron chi connectivity index (χ0n) is 15.5. The average molecular weight is 405 g/mol. The van der Waals surface area contributed by atoms with Crippen LogP contribution >= 0.6 is 11.6 Å².